The first kappa shape index (κ1) is 20.3. The van der Waals surface area contributed by atoms with Crippen molar-refractivity contribution in [1.29, 1.82) is 0 Å². The monoisotopic (exact) mass is 440 g/mol. The molecule has 0 aliphatic rings. The Balaban J connectivity index is 1.46. The highest BCUT2D eigenvalue weighted by Crippen LogP contribution is 2.35. The van der Waals surface area contributed by atoms with Crippen molar-refractivity contribution < 1.29 is 19.1 Å². The van der Waals surface area contributed by atoms with Crippen LogP contribution in [0, 0.1) is 0 Å². The molecule has 8 nitrogen and oxygen atoms in total. The van der Waals surface area contributed by atoms with Gasteiger partial charge in [0.25, 0.3) is 5.91 Å². The van der Waals surface area contributed by atoms with Gasteiger partial charge in [-0.3, -0.25) is 4.79 Å². The van der Waals surface area contributed by atoms with Gasteiger partial charge in [0.1, 0.15) is 17.3 Å². The molecular weight excluding hydrogens is 420 g/mol. The number of pyridine rings is 1. The summed E-state index contributed by atoms with van der Waals surface area (Å²) in [7, 11) is 1.56. The van der Waals surface area contributed by atoms with E-state index in [4.69, 9.17) is 9.15 Å². The van der Waals surface area contributed by atoms with E-state index < -0.39 is 0 Å². The van der Waals surface area contributed by atoms with E-state index >= 15 is 0 Å². The van der Waals surface area contributed by atoms with Crippen LogP contribution in [0.4, 0.5) is 0 Å². The Labute approximate surface area is 188 Å². The Bertz CT molecular complexity index is 1440. The van der Waals surface area contributed by atoms with E-state index in [0.29, 0.717) is 46.2 Å². The van der Waals surface area contributed by atoms with Gasteiger partial charge >= 0.3 is 0 Å². The predicted octanol–water partition coefficient (Wildman–Crippen LogP) is 4.53. The van der Waals surface area contributed by atoms with Crippen molar-refractivity contribution >= 4 is 16.9 Å². The number of furan rings is 1. The molecule has 0 aliphatic heterocycles. The average Bonchev–Trinajstić information content (AvgIpc) is 3.52. The molecule has 0 fully saturated rings. The number of H-pyrrole nitrogens is 1. The van der Waals surface area contributed by atoms with Gasteiger partial charge in [-0.1, -0.05) is 6.07 Å². The van der Waals surface area contributed by atoms with Gasteiger partial charge in [0.2, 0.25) is 5.88 Å². The third-order valence-corrected chi connectivity index (χ3v) is 5.27. The smallest absolute Gasteiger partial charge is 0.251 e. The number of hydrogen-bond acceptors (Lipinski definition) is 6. The van der Waals surface area contributed by atoms with Crippen LogP contribution in [-0.4, -0.2) is 33.1 Å². The summed E-state index contributed by atoms with van der Waals surface area (Å²) in [4.78, 5) is 24.6. The largest absolute Gasteiger partial charge is 0.507 e. The quantitative estimate of drug-likeness (QED) is 0.358. The van der Waals surface area contributed by atoms with Crippen LogP contribution >= 0.6 is 0 Å². The Hall–Kier alpha value is -4.59. The maximum absolute atomic E-state index is 12.5. The third kappa shape index (κ3) is 4.01. The minimum Gasteiger partial charge on any atom is -0.507 e. The van der Waals surface area contributed by atoms with Gasteiger partial charge in [0, 0.05) is 17.3 Å². The van der Waals surface area contributed by atoms with Crippen LogP contribution in [0.15, 0.2) is 77.5 Å². The molecule has 5 rings (SSSR count). The molecule has 0 saturated heterocycles. The van der Waals surface area contributed by atoms with Crippen molar-refractivity contribution in [2.45, 2.75) is 6.54 Å². The van der Waals surface area contributed by atoms with Gasteiger partial charge in [0.05, 0.1) is 36.5 Å². The first-order chi connectivity index (χ1) is 16.1. The molecule has 33 heavy (non-hydrogen) atoms. The van der Waals surface area contributed by atoms with Gasteiger partial charge in [-0.05, 0) is 60.2 Å². The second-order valence-electron chi connectivity index (χ2n) is 7.37. The zero-order valence-electron chi connectivity index (χ0n) is 17.7. The Kier molecular flexibility index (Phi) is 5.24. The Morgan fingerprint density at radius 2 is 2.03 bits per heavy atom. The van der Waals surface area contributed by atoms with Crippen LogP contribution in [0.2, 0.25) is 0 Å². The SMILES string of the molecule is COc1ncccc1-c1ccc(O)c(-c2nc3ccc(C(=O)NCc4ccco4)cc3[nH]2)c1. The second-order valence-corrected chi connectivity index (χ2v) is 7.37. The summed E-state index contributed by atoms with van der Waals surface area (Å²) in [5.74, 6) is 1.51. The van der Waals surface area contributed by atoms with E-state index in [1.165, 1.54) is 0 Å². The van der Waals surface area contributed by atoms with Crippen LogP contribution < -0.4 is 10.1 Å². The first-order valence-corrected chi connectivity index (χ1v) is 10.3. The number of carbonyl (C=O) groups excluding carboxylic acids is 1. The number of hydrogen-bond donors (Lipinski definition) is 3. The van der Waals surface area contributed by atoms with Crippen molar-refractivity contribution in [2.24, 2.45) is 0 Å². The van der Waals surface area contributed by atoms with Crippen molar-refractivity contribution in [3.05, 3.63) is 84.4 Å². The van der Waals surface area contributed by atoms with E-state index in [-0.39, 0.29) is 11.7 Å². The highest BCUT2D eigenvalue weighted by molar-refractivity contribution is 5.97. The van der Waals surface area contributed by atoms with Crippen LogP contribution in [0.25, 0.3) is 33.5 Å². The average molecular weight is 440 g/mol. The van der Waals surface area contributed by atoms with Gasteiger partial charge in [-0.25, -0.2) is 9.97 Å². The standard InChI is InChI=1S/C25H20N4O4/c1-32-25-18(5-2-10-26-25)15-7-9-22(30)19(12-15)23-28-20-8-6-16(13-21(20)29-23)24(31)27-14-17-4-3-11-33-17/h2-13,30H,14H2,1H3,(H,27,31)(H,28,29). The van der Waals surface area contributed by atoms with Gasteiger partial charge in [0.15, 0.2) is 0 Å². The molecule has 0 unspecified atom stereocenters. The lowest BCUT2D eigenvalue weighted by molar-refractivity contribution is 0.0948. The van der Waals surface area contributed by atoms with Gasteiger partial charge in [-0.15, -0.1) is 0 Å². The molecule has 3 N–H and O–H groups in total. The predicted molar refractivity (Wildman–Crippen MR) is 123 cm³/mol. The number of benzene rings is 2. The summed E-state index contributed by atoms with van der Waals surface area (Å²) >= 11 is 0. The minimum atomic E-state index is -0.224. The molecular formula is C25H20N4O4. The summed E-state index contributed by atoms with van der Waals surface area (Å²) < 4.78 is 10.6. The highest BCUT2D eigenvalue weighted by Gasteiger charge is 2.15. The second kappa shape index (κ2) is 8.51. The van der Waals surface area contributed by atoms with Gasteiger partial charge in [-0.2, -0.15) is 0 Å². The molecule has 2 aromatic carbocycles. The number of rotatable bonds is 6. The molecule has 0 atom stereocenters. The van der Waals surface area contributed by atoms with Crippen molar-refractivity contribution in [1.82, 2.24) is 20.3 Å². The molecule has 3 aromatic heterocycles. The van der Waals surface area contributed by atoms with Crippen LogP contribution in [0.3, 0.4) is 0 Å². The highest BCUT2D eigenvalue weighted by atomic mass is 16.5. The van der Waals surface area contributed by atoms with Gasteiger partial charge < -0.3 is 24.6 Å². The van der Waals surface area contributed by atoms with E-state index in [1.54, 1.807) is 62.0 Å². The summed E-state index contributed by atoms with van der Waals surface area (Å²) in [6.07, 6.45) is 3.22. The maximum atomic E-state index is 12.5. The van der Waals surface area contributed by atoms with Crippen molar-refractivity contribution in [3.8, 4) is 34.1 Å². The first-order valence-electron chi connectivity index (χ1n) is 10.3. The fraction of sp³-hybridized carbons (Fsp3) is 0.0800. The lowest BCUT2D eigenvalue weighted by Gasteiger charge is -2.09. The number of methoxy groups -OCH3 is 1. The van der Waals surface area contributed by atoms with E-state index in [9.17, 15) is 9.90 Å². The number of amides is 1. The number of aromatic amines is 1. The Morgan fingerprint density at radius 3 is 2.85 bits per heavy atom. The number of aromatic hydroxyl groups is 1. The zero-order chi connectivity index (χ0) is 22.8. The van der Waals surface area contributed by atoms with Crippen molar-refractivity contribution in [2.75, 3.05) is 7.11 Å². The summed E-state index contributed by atoms with van der Waals surface area (Å²) in [5.41, 5.74) is 4.00. The van der Waals surface area contributed by atoms with Crippen molar-refractivity contribution in [3.63, 3.8) is 0 Å². The number of imidazole rings is 1. The molecule has 164 valence electrons. The molecule has 0 spiro atoms. The number of ether oxygens (including phenoxy) is 1. The minimum absolute atomic E-state index is 0.0806. The molecule has 0 bridgehead atoms. The molecule has 0 aliphatic carbocycles. The summed E-state index contributed by atoms with van der Waals surface area (Å²) in [6, 6.07) is 17.7. The van der Waals surface area contributed by atoms with E-state index in [1.807, 2.05) is 18.2 Å². The van der Waals surface area contributed by atoms with Crippen LogP contribution in [-0.2, 0) is 6.54 Å². The molecule has 0 saturated carbocycles. The molecule has 8 heteroatoms. The fourth-order valence-electron chi connectivity index (χ4n) is 3.63. The maximum Gasteiger partial charge on any atom is 0.251 e. The number of fused-ring (bicyclic) bond motifs is 1. The van der Waals surface area contributed by atoms with Crippen LogP contribution in [0.5, 0.6) is 11.6 Å². The molecule has 3 heterocycles. The number of phenols is 1. The third-order valence-electron chi connectivity index (χ3n) is 5.27. The number of nitrogens with one attached hydrogen (secondary N) is 2. The lowest BCUT2D eigenvalue weighted by Crippen LogP contribution is -2.22. The van der Waals surface area contributed by atoms with E-state index in [2.05, 4.69) is 20.3 Å². The molecule has 0 radical (unpaired) electrons. The summed E-state index contributed by atoms with van der Waals surface area (Å²) in [6.45, 7) is 0.302. The molecule has 5 aromatic rings. The Morgan fingerprint density at radius 1 is 1.12 bits per heavy atom. The number of carbonyl (C=O) groups is 1. The number of aromatic nitrogens is 3. The lowest BCUT2D eigenvalue weighted by atomic mass is 10.0. The topological polar surface area (TPSA) is 113 Å². The zero-order valence-corrected chi connectivity index (χ0v) is 17.7. The normalized spacial score (nSPS) is 10.9. The number of phenolic OH excluding ortho intramolecular Hbond substituents is 1. The van der Waals surface area contributed by atoms with Crippen LogP contribution in [0.1, 0.15) is 16.1 Å². The fourth-order valence-corrected chi connectivity index (χ4v) is 3.63. The molecule has 1 amide bonds. The number of nitrogens with zero attached hydrogens (tertiary/aromatic N) is 2. The van der Waals surface area contributed by atoms with E-state index in [0.717, 1.165) is 11.1 Å². The summed E-state index contributed by atoms with van der Waals surface area (Å²) in [5, 5.41) is 13.3.